The average Bonchev–Trinajstić information content (AvgIpc) is 2.94. The zero-order valence-electron chi connectivity index (χ0n) is 21.5. The van der Waals surface area contributed by atoms with E-state index >= 15 is 0 Å². The van der Waals surface area contributed by atoms with Gasteiger partial charge in [0.05, 0.1) is 23.0 Å². The smallest absolute Gasteiger partial charge is 0.335 e. The van der Waals surface area contributed by atoms with Gasteiger partial charge in [-0.25, -0.2) is 9.36 Å². The number of aromatic hydroxyl groups is 1. The molecule has 6 rings (SSSR count). The fourth-order valence-corrected chi connectivity index (χ4v) is 5.92. The molecule has 1 aromatic heterocycles. The summed E-state index contributed by atoms with van der Waals surface area (Å²) in [7, 11) is 0. The van der Waals surface area contributed by atoms with E-state index in [-0.39, 0.29) is 5.56 Å². The number of hydrogen-bond acceptors (Lipinski definition) is 7. The number of rotatable bonds is 4. The molecule has 202 valence electrons. The molecule has 10 nitrogen and oxygen atoms in total. The van der Waals surface area contributed by atoms with E-state index in [9.17, 15) is 24.3 Å². The molecule has 3 aromatic carbocycles. The number of H-pyrrole nitrogens is 1. The fraction of sp³-hybridized carbons (Fsp3) is 0.207. The molecule has 0 radical (unpaired) electrons. The van der Waals surface area contributed by atoms with Crippen LogP contribution in [0.4, 0.5) is 5.69 Å². The standard InChI is InChI=1S/C29H24BrN5O5/c1-16-14-17(30)8-10-22(16)34-26(37)21(25(36)32-29(34)40)15-31-35-27(38)19-7-5-6-18-23(33-12-3-2-4-13-33)11-9-20(24(18)19)28(35)39/h5-11,14-15,37H,2-4,12-13H2,1H3,(H,32,36,40). The van der Waals surface area contributed by atoms with E-state index in [1.165, 1.54) is 6.42 Å². The van der Waals surface area contributed by atoms with Gasteiger partial charge in [0, 0.05) is 34.0 Å². The predicted octanol–water partition coefficient (Wildman–Crippen LogP) is 4.08. The van der Waals surface area contributed by atoms with Crippen LogP contribution in [-0.4, -0.2) is 50.8 Å². The largest absolute Gasteiger partial charge is 0.493 e. The highest BCUT2D eigenvalue weighted by molar-refractivity contribution is 9.10. The topological polar surface area (TPSA) is 128 Å². The lowest BCUT2D eigenvalue weighted by Crippen LogP contribution is -2.37. The van der Waals surface area contributed by atoms with Gasteiger partial charge in [-0.1, -0.05) is 28.1 Å². The van der Waals surface area contributed by atoms with Crippen molar-refractivity contribution in [1.82, 2.24) is 14.6 Å². The number of nitrogens with zero attached hydrogens (tertiary/aromatic N) is 4. The molecule has 3 heterocycles. The summed E-state index contributed by atoms with van der Waals surface area (Å²) in [4.78, 5) is 56.7. The molecule has 11 heteroatoms. The number of piperidine rings is 1. The summed E-state index contributed by atoms with van der Waals surface area (Å²) in [5, 5.41) is 17.1. The molecule has 2 aliphatic rings. The lowest BCUT2D eigenvalue weighted by molar-refractivity contribution is 0.0616. The summed E-state index contributed by atoms with van der Waals surface area (Å²) in [6.45, 7) is 3.57. The Hall–Kier alpha value is -4.51. The number of amides is 2. The van der Waals surface area contributed by atoms with E-state index in [4.69, 9.17) is 0 Å². The quantitative estimate of drug-likeness (QED) is 0.268. The molecule has 1 saturated heterocycles. The number of carbonyl (C=O) groups is 2. The minimum atomic E-state index is -0.914. The van der Waals surface area contributed by atoms with Gasteiger partial charge in [0.1, 0.15) is 5.56 Å². The highest BCUT2D eigenvalue weighted by atomic mass is 79.9. The van der Waals surface area contributed by atoms with Crippen LogP contribution in [0.5, 0.6) is 5.88 Å². The van der Waals surface area contributed by atoms with Crippen LogP contribution < -0.4 is 16.1 Å². The maximum absolute atomic E-state index is 13.5. The maximum Gasteiger partial charge on any atom is 0.335 e. The van der Waals surface area contributed by atoms with Crippen LogP contribution in [0.25, 0.3) is 16.5 Å². The molecule has 0 atom stereocenters. The van der Waals surface area contributed by atoms with E-state index < -0.39 is 28.9 Å². The lowest BCUT2D eigenvalue weighted by Gasteiger charge is -2.31. The molecule has 0 aliphatic carbocycles. The van der Waals surface area contributed by atoms with E-state index in [1.807, 2.05) is 12.1 Å². The highest BCUT2D eigenvalue weighted by Gasteiger charge is 2.34. The Morgan fingerprint density at radius 3 is 2.35 bits per heavy atom. The molecular weight excluding hydrogens is 578 g/mol. The first-order chi connectivity index (χ1) is 19.3. The first-order valence-electron chi connectivity index (χ1n) is 12.8. The van der Waals surface area contributed by atoms with Gasteiger partial charge in [0.15, 0.2) is 0 Å². The maximum atomic E-state index is 13.5. The van der Waals surface area contributed by atoms with Gasteiger partial charge >= 0.3 is 5.69 Å². The second-order valence-electron chi connectivity index (χ2n) is 9.84. The number of halogens is 1. The van der Waals surface area contributed by atoms with E-state index in [0.29, 0.717) is 32.8 Å². The number of nitrogens with one attached hydrogen (secondary N) is 1. The van der Waals surface area contributed by atoms with Gasteiger partial charge in [0.2, 0.25) is 5.88 Å². The van der Waals surface area contributed by atoms with Crippen LogP contribution in [-0.2, 0) is 0 Å². The fourth-order valence-electron chi connectivity index (χ4n) is 5.45. The number of hydrogen-bond donors (Lipinski definition) is 2. The molecule has 0 unspecified atom stereocenters. The van der Waals surface area contributed by atoms with Crippen LogP contribution in [0, 0.1) is 6.92 Å². The minimum absolute atomic E-state index is 0.316. The van der Waals surface area contributed by atoms with Crippen LogP contribution in [0.15, 0.2) is 67.7 Å². The lowest BCUT2D eigenvalue weighted by atomic mass is 9.93. The van der Waals surface area contributed by atoms with Crippen molar-refractivity contribution >= 4 is 50.4 Å². The van der Waals surface area contributed by atoms with E-state index in [2.05, 4.69) is 30.9 Å². The number of imide groups is 1. The molecule has 2 N–H and O–H groups in total. The Morgan fingerprint density at radius 1 is 0.925 bits per heavy atom. The number of aromatic nitrogens is 2. The number of carbonyl (C=O) groups excluding carboxylic acids is 2. The van der Waals surface area contributed by atoms with Gasteiger partial charge in [-0.15, -0.1) is 0 Å². The molecule has 4 aromatic rings. The summed E-state index contributed by atoms with van der Waals surface area (Å²) in [6, 6.07) is 14.0. The number of aromatic amines is 1. The minimum Gasteiger partial charge on any atom is -0.493 e. The van der Waals surface area contributed by atoms with Crippen LogP contribution >= 0.6 is 15.9 Å². The van der Waals surface area contributed by atoms with Crippen LogP contribution in [0.3, 0.4) is 0 Å². The van der Waals surface area contributed by atoms with Crippen molar-refractivity contribution < 1.29 is 14.7 Å². The first-order valence-corrected chi connectivity index (χ1v) is 13.6. The number of hydrazone groups is 1. The first kappa shape index (κ1) is 25.8. The monoisotopic (exact) mass is 601 g/mol. The molecule has 2 aliphatic heterocycles. The Balaban J connectivity index is 1.41. The Bertz CT molecular complexity index is 1850. The molecule has 1 fully saturated rings. The zero-order chi connectivity index (χ0) is 28.1. The van der Waals surface area contributed by atoms with Gasteiger partial charge in [-0.05, 0) is 68.1 Å². The predicted molar refractivity (Wildman–Crippen MR) is 155 cm³/mol. The number of anilines is 1. The zero-order valence-corrected chi connectivity index (χ0v) is 23.1. The third-order valence-electron chi connectivity index (χ3n) is 7.38. The Labute approximate surface area is 236 Å². The summed E-state index contributed by atoms with van der Waals surface area (Å²) in [5.41, 5.74) is 0.465. The van der Waals surface area contributed by atoms with Crippen molar-refractivity contribution in [3.05, 3.63) is 96.1 Å². The van der Waals surface area contributed by atoms with Crippen molar-refractivity contribution in [1.29, 1.82) is 0 Å². The van der Waals surface area contributed by atoms with E-state index in [0.717, 1.165) is 52.3 Å². The van der Waals surface area contributed by atoms with Gasteiger partial charge < -0.3 is 10.0 Å². The molecule has 0 saturated carbocycles. The second kappa shape index (κ2) is 9.91. The summed E-state index contributed by atoms with van der Waals surface area (Å²) >= 11 is 3.36. The van der Waals surface area contributed by atoms with Crippen molar-refractivity contribution in [2.24, 2.45) is 5.10 Å². The van der Waals surface area contributed by atoms with Crippen molar-refractivity contribution in [3.8, 4) is 11.6 Å². The third-order valence-corrected chi connectivity index (χ3v) is 7.88. The summed E-state index contributed by atoms with van der Waals surface area (Å²) in [6.07, 6.45) is 4.27. The molecule has 2 amide bonds. The molecular formula is C29H24BrN5O5. The van der Waals surface area contributed by atoms with Crippen molar-refractivity contribution in [2.75, 3.05) is 18.0 Å². The molecule has 0 spiro atoms. The van der Waals surface area contributed by atoms with Crippen LogP contribution in [0.2, 0.25) is 0 Å². The van der Waals surface area contributed by atoms with Gasteiger partial charge in [-0.3, -0.25) is 19.4 Å². The third kappa shape index (κ3) is 4.13. The van der Waals surface area contributed by atoms with Crippen molar-refractivity contribution in [2.45, 2.75) is 26.2 Å². The van der Waals surface area contributed by atoms with E-state index in [1.54, 1.807) is 43.3 Å². The second-order valence-corrected chi connectivity index (χ2v) is 10.8. The van der Waals surface area contributed by atoms with Gasteiger partial charge in [-0.2, -0.15) is 10.1 Å². The SMILES string of the molecule is Cc1cc(Br)ccc1-n1c(O)c(C=NN2C(=O)c3cccc4c(N5CCCCC5)ccc(c34)C2=O)c(=O)[nH]c1=O. The Morgan fingerprint density at radius 2 is 1.62 bits per heavy atom. The summed E-state index contributed by atoms with van der Waals surface area (Å²) < 4.78 is 1.70. The van der Waals surface area contributed by atoms with Crippen LogP contribution in [0.1, 0.15) is 51.1 Å². The molecule has 40 heavy (non-hydrogen) atoms. The normalized spacial score (nSPS) is 15.4. The summed E-state index contributed by atoms with van der Waals surface area (Å²) in [5.74, 6) is -1.97. The van der Waals surface area contributed by atoms with Gasteiger partial charge in [0.25, 0.3) is 17.4 Å². The highest BCUT2D eigenvalue weighted by Crippen LogP contribution is 2.37. The average molecular weight is 602 g/mol. The number of aryl methyl sites for hydroxylation is 1. The molecule has 0 bridgehead atoms. The number of benzene rings is 3. The van der Waals surface area contributed by atoms with Crippen molar-refractivity contribution in [3.63, 3.8) is 0 Å². The Kier molecular flexibility index (Phi) is 6.38.